The minimum atomic E-state index is -0.312. The second kappa shape index (κ2) is 9.38. The van der Waals surface area contributed by atoms with E-state index < -0.39 is 0 Å². The van der Waals surface area contributed by atoms with E-state index in [0.717, 1.165) is 19.3 Å². The van der Waals surface area contributed by atoms with Crippen LogP contribution >= 0.6 is 22.9 Å². The lowest BCUT2D eigenvalue weighted by atomic mass is 9.88. The third-order valence-electron chi connectivity index (χ3n) is 5.88. The molecule has 1 aromatic rings. The van der Waals surface area contributed by atoms with Crippen LogP contribution in [0, 0.1) is 17.8 Å². The van der Waals surface area contributed by atoms with Gasteiger partial charge in [-0.15, -0.1) is 22.9 Å². The number of aryl methyl sites for hydroxylation is 1. The SMILES string of the molecule is COC(=O)c1ccc(CCC[C@@H]2[C@@H](/C=C/C3CCCC3)[C@H](O)C[C@H]2Cl)s1. The van der Waals surface area contributed by atoms with Crippen LogP contribution in [0.15, 0.2) is 24.3 Å². The Labute approximate surface area is 165 Å². The van der Waals surface area contributed by atoms with Gasteiger partial charge in [0.2, 0.25) is 0 Å². The molecular weight excluding hydrogens is 368 g/mol. The van der Waals surface area contributed by atoms with Gasteiger partial charge in [-0.2, -0.15) is 0 Å². The molecule has 2 aliphatic carbocycles. The first kappa shape index (κ1) is 19.9. The van der Waals surface area contributed by atoms with Crippen LogP contribution in [-0.2, 0) is 11.2 Å². The van der Waals surface area contributed by atoms with Gasteiger partial charge < -0.3 is 9.84 Å². The molecule has 1 N–H and O–H groups in total. The predicted octanol–water partition coefficient (Wildman–Crippen LogP) is 5.21. The maximum atomic E-state index is 11.5. The highest BCUT2D eigenvalue weighted by Crippen LogP contribution is 2.41. The molecule has 0 radical (unpaired) electrons. The van der Waals surface area contributed by atoms with Gasteiger partial charge in [-0.1, -0.05) is 25.0 Å². The number of hydrogen-bond acceptors (Lipinski definition) is 4. The lowest BCUT2D eigenvalue weighted by molar-refractivity contribution is 0.0606. The molecule has 2 aliphatic rings. The summed E-state index contributed by atoms with van der Waals surface area (Å²) in [6.07, 6.45) is 13.2. The standard InChI is InChI=1S/C21H29ClO3S/c1-25-21(24)20-12-10-15(26-20)7-4-8-16-17(19(23)13-18(16)22)11-9-14-5-2-3-6-14/h9-12,14,16-19,23H,2-8,13H2,1H3/b11-9+/t16-,17-,18-,19-/m1/s1. The van der Waals surface area contributed by atoms with Crippen molar-refractivity contribution in [2.75, 3.05) is 7.11 Å². The normalized spacial score (nSPS) is 29.7. The number of allylic oxidation sites excluding steroid dienone is 1. The highest BCUT2D eigenvalue weighted by atomic mass is 35.5. The van der Waals surface area contributed by atoms with Crippen LogP contribution < -0.4 is 0 Å². The molecule has 0 aliphatic heterocycles. The monoisotopic (exact) mass is 396 g/mol. The van der Waals surface area contributed by atoms with Crippen LogP contribution in [0.2, 0.25) is 0 Å². The second-order valence-corrected chi connectivity index (χ2v) is 9.37. The molecular formula is C21H29ClO3S. The van der Waals surface area contributed by atoms with Gasteiger partial charge in [0.15, 0.2) is 0 Å². The molecule has 0 bridgehead atoms. The van der Waals surface area contributed by atoms with Gasteiger partial charge in [0.1, 0.15) is 4.88 Å². The van der Waals surface area contributed by atoms with Gasteiger partial charge in [0, 0.05) is 16.2 Å². The fraction of sp³-hybridized carbons (Fsp3) is 0.667. The summed E-state index contributed by atoms with van der Waals surface area (Å²) >= 11 is 8.06. The summed E-state index contributed by atoms with van der Waals surface area (Å²) in [7, 11) is 1.41. The van der Waals surface area contributed by atoms with E-state index in [9.17, 15) is 9.90 Å². The summed E-state index contributed by atoms with van der Waals surface area (Å²) in [6.45, 7) is 0. The Bertz CT molecular complexity index is 621. The Balaban J connectivity index is 1.52. The molecule has 5 heteroatoms. The van der Waals surface area contributed by atoms with Crippen LogP contribution in [-0.4, -0.2) is 29.7 Å². The summed E-state index contributed by atoms with van der Waals surface area (Å²) in [6, 6.07) is 3.85. The average molecular weight is 397 g/mol. The average Bonchev–Trinajstić information content (AvgIpc) is 3.35. The molecule has 2 fully saturated rings. The quantitative estimate of drug-likeness (QED) is 0.391. The number of ether oxygens (including phenoxy) is 1. The number of thiophene rings is 1. The molecule has 144 valence electrons. The number of carbonyl (C=O) groups excluding carboxylic acids is 1. The fourth-order valence-corrected chi connectivity index (χ4v) is 5.85. The number of aliphatic hydroxyl groups is 1. The van der Waals surface area contributed by atoms with Crippen molar-refractivity contribution < 1.29 is 14.6 Å². The molecule has 0 aromatic carbocycles. The number of rotatable bonds is 7. The molecule has 3 nitrogen and oxygen atoms in total. The van der Waals surface area contributed by atoms with E-state index in [2.05, 4.69) is 12.2 Å². The van der Waals surface area contributed by atoms with E-state index in [4.69, 9.17) is 16.3 Å². The van der Waals surface area contributed by atoms with Crippen LogP contribution in [0.25, 0.3) is 0 Å². The maximum absolute atomic E-state index is 11.5. The zero-order valence-electron chi connectivity index (χ0n) is 15.4. The van der Waals surface area contributed by atoms with Crippen LogP contribution in [0.4, 0.5) is 0 Å². The Morgan fingerprint density at radius 3 is 2.85 bits per heavy atom. The molecule has 4 atom stereocenters. The van der Waals surface area contributed by atoms with Gasteiger partial charge in [-0.25, -0.2) is 4.79 Å². The molecule has 26 heavy (non-hydrogen) atoms. The summed E-state index contributed by atoms with van der Waals surface area (Å²) in [5, 5.41) is 10.5. The van der Waals surface area contributed by atoms with Crippen molar-refractivity contribution in [2.45, 2.75) is 62.8 Å². The Morgan fingerprint density at radius 2 is 2.12 bits per heavy atom. The fourth-order valence-electron chi connectivity index (χ4n) is 4.40. The lowest BCUT2D eigenvalue weighted by Gasteiger charge is -2.21. The number of aliphatic hydroxyl groups excluding tert-OH is 1. The number of hydrogen-bond donors (Lipinski definition) is 1. The van der Waals surface area contributed by atoms with Gasteiger partial charge in [-0.3, -0.25) is 0 Å². The lowest BCUT2D eigenvalue weighted by Crippen LogP contribution is -2.19. The number of halogens is 1. The molecule has 0 saturated heterocycles. The van der Waals surface area contributed by atoms with Crippen LogP contribution in [0.1, 0.15) is 59.5 Å². The topological polar surface area (TPSA) is 46.5 Å². The number of carbonyl (C=O) groups is 1. The van der Waals surface area contributed by atoms with Crippen LogP contribution in [0.3, 0.4) is 0 Å². The highest BCUT2D eigenvalue weighted by molar-refractivity contribution is 7.13. The molecule has 0 spiro atoms. The van der Waals surface area contributed by atoms with Gasteiger partial charge >= 0.3 is 5.97 Å². The van der Waals surface area contributed by atoms with E-state index in [1.165, 1.54) is 49.0 Å². The van der Waals surface area contributed by atoms with E-state index >= 15 is 0 Å². The van der Waals surface area contributed by atoms with E-state index in [1.54, 1.807) is 0 Å². The minimum Gasteiger partial charge on any atom is -0.465 e. The third-order valence-corrected chi connectivity index (χ3v) is 7.51. The first-order valence-corrected chi connectivity index (χ1v) is 11.0. The van der Waals surface area contributed by atoms with Crippen molar-refractivity contribution in [1.82, 2.24) is 0 Å². The van der Waals surface area contributed by atoms with Gasteiger partial charge in [0.05, 0.1) is 13.2 Å². The zero-order chi connectivity index (χ0) is 18.5. The highest BCUT2D eigenvalue weighted by Gasteiger charge is 2.39. The number of alkyl halides is 1. The first-order valence-electron chi connectivity index (χ1n) is 9.76. The molecule has 0 unspecified atom stereocenters. The van der Waals surface area contributed by atoms with Crippen molar-refractivity contribution in [3.63, 3.8) is 0 Å². The van der Waals surface area contributed by atoms with Crippen LogP contribution in [0.5, 0.6) is 0 Å². The predicted molar refractivity (Wildman–Crippen MR) is 107 cm³/mol. The Morgan fingerprint density at radius 1 is 1.35 bits per heavy atom. The Hall–Kier alpha value is -0.840. The van der Waals surface area contributed by atoms with Crippen molar-refractivity contribution in [3.8, 4) is 0 Å². The molecule has 2 saturated carbocycles. The van der Waals surface area contributed by atoms with E-state index in [-0.39, 0.29) is 23.4 Å². The zero-order valence-corrected chi connectivity index (χ0v) is 17.0. The second-order valence-electron chi connectivity index (χ2n) is 7.64. The first-order chi connectivity index (χ1) is 12.6. The van der Waals surface area contributed by atoms with Crippen molar-refractivity contribution in [1.29, 1.82) is 0 Å². The number of methoxy groups -OCH3 is 1. The van der Waals surface area contributed by atoms with E-state index in [0.29, 0.717) is 23.1 Å². The molecule has 0 amide bonds. The van der Waals surface area contributed by atoms with Crippen molar-refractivity contribution in [3.05, 3.63) is 34.0 Å². The maximum Gasteiger partial charge on any atom is 0.348 e. The molecule has 3 rings (SSSR count). The largest absolute Gasteiger partial charge is 0.465 e. The summed E-state index contributed by atoms with van der Waals surface area (Å²) in [5.41, 5.74) is 0. The Kier molecular flexibility index (Phi) is 7.19. The van der Waals surface area contributed by atoms with E-state index in [1.807, 2.05) is 12.1 Å². The third kappa shape index (κ3) is 4.90. The van der Waals surface area contributed by atoms with Crippen molar-refractivity contribution >= 4 is 28.9 Å². The summed E-state index contributed by atoms with van der Waals surface area (Å²) < 4.78 is 4.76. The summed E-state index contributed by atoms with van der Waals surface area (Å²) in [4.78, 5) is 13.4. The van der Waals surface area contributed by atoms with Gasteiger partial charge in [0.25, 0.3) is 0 Å². The molecule has 1 heterocycles. The summed E-state index contributed by atoms with van der Waals surface area (Å²) in [5.74, 6) is 0.953. The van der Waals surface area contributed by atoms with Crippen molar-refractivity contribution in [2.24, 2.45) is 17.8 Å². The molecule has 1 aromatic heterocycles. The number of esters is 1. The smallest absolute Gasteiger partial charge is 0.348 e. The van der Waals surface area contributed by atoms with Gasteiger partial charge in [-0.05, 0) is 62.5 Å². The minimum absolute atomic E-state index is 0.0530.